The number of anilines is 1. The van der Waals surface area contributed by atoms with E-state index in [2.05, 4.69) is 5.32 Å². The molecule has 1 aromatic rings. The van der Waals surface area contributed by atoms with Crippen LogP contribution in [0.3, 0.4) is 0 Å². The van der Waals surface area contributed by atoms with Crippen LogP contribution in [-0.2, 0) is 4.79 Å². The Bertz CT molecular complexity index is 550. The monoisotopic (exact) mass is 322 g/mol. The van der Waals surface area contributed by atoms with Gasteiger partial charge in [0.2, 0.25) is 5.91 Å². The molecule has 5 heteroatoms. The molecule has 2 saturated carbocycles. The molecule has 2 aliphatic rings. The average Bonchev–Trinajstić information content (AvgIpc) is 2.47. The predicted octanol–water partition coefficient (Wildman–Crippen LogP) is 3.44. The van der Waals surface area contributed by atoms with Crippen LogP contribution >= 0.6 is 11.6 Å². The van der Waals surface area contributed by atoms with E-state index in [0.717, 1.165) is 31.4 Å². The van der Waals surface area contributed by atoms with Crippen molar-refractivity contribution in [2.45, 2.75) is 38.1 Å². The van der Waals surface area contributed by atoms with E-state index < -0.39 is 0 Å². The summed E-state index contributed by atoms with van der Waals surface area (Å²) in [5.41, 5.74) is 7.01. The van der Waals surface area contributed by atoms with Gasteiger partial charge in [0.25, 0.3) is 0 Å². The average molecular weight is 323 g/mol. The van der Waals surface area contributed by atoms with Crippen molar-refractivity contribution in [3.63, 3.8) is 0 Å². The maximum Gasteiger partial charge on any atom is 0.227 e. The highest BCUT2D eigenvalue weighted by Crippen LogP contribution is 2.42. The van der Waals surface area contributed by atoms with Gasteiger partial charge >= 0.3 is 0 Å². The number of nitrogens with one attached hydrogen (secondary N) is 1. The summed E-state index contributed by atoms with van der Waals surface area (Å²) in [6.45, 7) is 0. The lowest BCUT2D eigenvalue weighted by atomic mass is 9.65. The molecule has 2 bridgehead atoms. The van der Waals surface area contributed by atoms with E-state index in [1.807, 2.05) is 6.07 Å². The molecule has 3 rings (SSSR count). The Morgan fingerprint density at radius 1 is 1.32 bits per heavy atom. The van der Waals surface area contributed by atoms with Crippen LogP contribution in [0.1, 0.15) is 32.1 Å². The van der Waals surface area contributed by atoms with Gasteiger partial charge in [-0.05, 0) is 55.7 Å². The molecule has 4 nitrogen and oxygen atoms in total. The minimum atomic E-state index is 0.0657. The number of hydrogen-bond donors (Lipinski definition) is 2. The first-order chi connectivity index (χ1) is 10.6. The van der Waals surface area contributed by atoms with Crippen LogP contribution in [-0.4, -0.2) is 19.1 Å². The van der Waals surface area contributed by atoms with Gasteiger partial charge in [0.1, 0.15) is 5.75 Å². The van der Waals surface area contributed by atoms with Crippen molar-refractivity contribution in [1.82, 2.24) is 0 Å². The van der Waals surface area contributed by atoms with E-state index >= 15 is 0 Å². The van der Waals surface area contributed by atoms with Crippen LogP contribution in [0.4, 0.5) is 5.69 Å². The first kappa shape index (κ1) is 15.6. The first-order valence-corrected chi connectivity index (χ1v) is 8.36. The van der Waals surface area contributed by atoms with E-state index in [9.17, 15) is 4.79 Å². The van der Waals surface area contributed by atoms with Crippen LogP contribution in [0.2, 0.25) is 5.02 Å². The fourth-order valence-electron chi connectivity index (χ4n) is 3.99. The topological polar surface area (TPSA) is 64.3 Å². The number of carbonyl (C=O) groups excluding carboxylic acids is 1. The summed E-state index contributed by atoms with van der Waals surface area (Å²) in [5, 5.41) is 3.49. The molecule has 0 radical (unpaired) electrons. The first-order valence-electron chi connectivity index (χ1n) is 7.98. The normalized spacial score (nSPS) is 30.7. The minimum Gasteiger partial charge on any atom is -0.495 e. The van der Waals surface area contributed by atoms with Gasteiger partial charge in [-0.3, -0.25) is 4.79 Å². The smallest absolute Gasteiger partial charge is 0.227 e. The Balaban J connectivity index is 1.66. The van der Waals surface area contributed by atoms with Gasteiger partial charge < -0.3 is 15.8 Å². The maximum atomic E-state index is 12.5. The Morgan fingerprint density at radius 3 is 2.59 bits per heavy atom. The molecule has 0 aromatic heterocycles. The molecule has 2 aliphatic carbocycles. The Labute approximate surface area is 136 Å². The minimum absolute atomic E-state index is 0.0657. The second kappa shape index (κ2) is 6.47. The highest BCUT2D eigenvalue weighted by molar-refractivity contribution is 6.32. The quantitative estimate of drug-likeness (QED) is 0.896. The molecular formula is C17H23ClN2O2. The molecular weight excluding hydrogens is 300 g/mol. The number of ether oxygens (including phenoxy) is 1. The molecule has 0 heterocycles. The van der Waals surface area contributed by atoms with Crippen LogP contribution in [0.25, 0.3) is 0 Å². The summed E-state index contributed by atoms with van der Waals surface area (Å²) >= 11 is 6.10. The Morgan fingerprint density at radius 2 is 2.00 bits per heavy atom. The van der Waals surface area contributed by atoms with Gasteiger partial charge in [-0.1, -0.05) is 18.0 Å². The van der Waals surface area contributed by atoms with Crippen molar-refractivity contribution in [1.29, 1.82) is 0 Å². The van der Waals surface area contributed by atoms with E-state index in [-0.39, 0.29) is 17.9 Å². The molecule has 0 saturated heterocycles. The number of nitrogens with two attached hydrogens (primary N) is 1. The third-order valence-electron chi connectivity index (χ3n) is 5.20. The summed E-state index contributed by atoms with van der Waals surface area (Å²) in [5.74, 6) is 1.77. The predicted molar refractivity (Wildman–Crippen MR) is 88.2 cm³/mol. The number of methoxy groups -OCH3 is 1. The number of hydrogen-bond acceptors (Lipinski definition) is 3. The highest BCUT2D eigenvalue weighted by atomic mass is 35.5. The summed E-state index contributed by atoms with van der Waals surface area (Å²) in [7, 11) is 1.57. The summed E-state index contributed by atoms with van der Waals surface area (Å²) in [6.07, 6.45) is 5.40. The summed E-state index contributed by atoms with van der Waals surface area (Å²) < 4.78 is 5.12. The van der Waals surface area contributed by atoms with Crippen LogP contribution in [0, 0.1) is 17.8 Å². The zero-order chi connectivity index (χ0) is 15.7. The molecule has 2 fully saturated rings. The molecule has 22 heavy (non-hydrogen) atoms. The van der Waals surface area contributed by atoms with E-state index in [1.54, 1.807) is 19.2 Å². The highest BCUT2D eigenvalue weighted by Gasteiger charge is 2.40. The molecule has 1 aromatic carbocycles. The standard InChI is InChI=1S/C17H23ClN2O2/c1-22-15-6-5-13(9-14(15)18)20-17(21)12-7-10-3-2-4-11(8-12)16(10)19/h5-6,9-12,16H,2-4,7-8,19H2,1H3,(H,20,21). The van der Waals surface area contributed by atoms with E-state index in [0.29, 0.717) is 22.6 Å². The van der Waals surface area contributed by atoms with Crippen LogP contribution in [0.5, 0.6) is 5.75 Å². The van der Waals surface area contributed by atoms with Gasteiger partial charge in [-0.15, -0.1) is 0 Å². The van der Waals surface area contributed by atoms with Crippen molar-refractivity contribution in [3.8, 4) is 5.75 Å². The molecule has 2 unspecified atom stereocenters. The van der Waals surface area contributed by atoms with Gasteiger partial charge in [0.15, 0.2) is 0 Å². The van der Waals surface area contributed by atoms with Gasteiger partial charge in [-0.25, -0.2) is 0 Å². The van der Waals surface area contributed by atoms with E-state index in [1.165, 1.54) is 6.42 Å². The molecule has 0 aliphatic heterocycles. The molecule has 0 spiro atoms. The van der Waals surface area contributed by atoms with Gasteiger partial charge in [-0.2, -0.15) is 0 Å². The molecule has 2 atom stereocenters. The van der Waals surface area contributed by atoms with E-state index in [4.69, 9.17) is 22.1 Å². The van der Waals surface area contributed by atoms with Crippen molar-refractivity contribution >= 4 is 23.2 Å². The largest absolute Gasteiger partial charge is 0.495 e. The van der Waals surface area contributed by atoms with Crippen molar-refractivity contribution < 1.29 is 9.53 Å². The lowest BCUT2D eigenvalue weighted by molar-refractivity contribution is -0.122. The second-order valence-corrected chi connectivity index (χ2v) is 6.94. The number of amides is 1. The zero-order valence-corrected chi connectivity index (χ0v) is 13.6. The second-order valence-electron chi connectivity index (χ2n) is 6.54. The van der Waals surface area contributed by atoms with Crippen LogP contribution < -0.4 is 15.8 Å². The number of rotatable bonds is 3. The zero-order valence-electron chi connectivity index (χ0n) is 12.8. The van der Waals surface area contributed by atoms with Crippen molar-refractivity contribution in [2.75, 3.05) is 12.4 Å². The molecule has 3 N–H and O–H groups in total. The Kier molecular flexibility index (Phi) is 4.59. The number of halogens is 1. The lowest BCUT2D eigenvalue weighted by Gasteiger charge is -2.43. The summed E-state index contributed by atoms with van der Waals surface area (Å²) in [4.78, 5) is 12.5. The Hall–Kier alpha value is -1.26. The third-order valence-corrected chi connectivity index (χ3v) is 5.50. The SMILES string of the molecule is COc1ccc(NC(=O)C2CC3CCCC(C2)C3N)cc1Cl. The fraction of sp³-hybridized carbons (Fsp3) is 0.588. The van der Waals surface area contributed by atoms with Crippen LogP contribution in [0.15, 0.2) is 18.2 Å². The third kappa shape index (κ3) is 3.08. The van der Waals surface area contributed by atoms with Crippen molar-refractivity contribution in [3.05, 3.63) is 23.2 Å². The maximum absolute atomic E-state index is 12.5. The number of benzene rings is 1. The molecule has 1 amide bonds. The molecule has 120 valence electrons. The lowest BCUT2D eigenvalue weighted by Crippen LogP contribution is -2.48. The van der Waals surface area contributed by atoms with Gasteiger partial charge in [0.05, 0.1) is 12.1 Å². The summed E-state index contributed by atoms with van der Waals surface area (Å²) in [6, 6.07) is 5.60. The van der Waals surface area contributed by atoms with Gasteiger partial charge in [0, 0.05) is 17.6 Å². The number of fused-ring (bicyclic) bond motifs is 2. The van der Waals surface area contributed by atoms with Crippen molar-refractivity contribution in [2.24, 2.45) is 23.5 Å². The number of carbonyl (C=O) groups is 1. The fourth-order valence-corrected chi connectivity index (χ4v) is 4.25.